The van der Waals surface area contributed by atoms with Crippen molar-refractivity contribution in [3.63, 3.8) is 0 Å². The zero-order chi connectivity index (χ0) is 12.3. The Morgan fingerprint density at radius 1 is 1.53 bits per heavy atom. The maximum atomic E-state index is 6.04. The molecule has 1 aromatic rings. The van der Waals surface area contributed by atoms with Crippen LogP contribution < -0.4 is 10.6 Å². The lowest BCUT2D eigenvalue weighted by molar-refractivity contribution is 0.447. The molecule has 0 amide bonds. The summed E-state index contributed by atoms with van der Waals surface area (Å²) in [5.41, 5.74) is 6.67. The molecule has 1 saturated heterocycles. The summed E-state index contributed by atoms with van der Waals surface area (Å²) in [6, 6.07) is 2.65. The molecule has 0 aliphatic carbocycles. The van der Waals surface area contributed by atoms with E-state index in [-0.39, 0.29) is 0 Å². The molecule has 0 aromatic carbocycles. The first-order valence-electron chi connectivity index (χ1n) is 6.37. The lowest BCUT2D eigenvalue weighted by Crippen LogP contribution is -2.39. The Morgan fingerprint density at radius 3 is 3.06 bits per heavy atom. The van der Waals surface area contributed by atoms with Gasteiger partial charge in [-0.15, -0.1) is 0 Å². The number of anilines is 1. The van der Waals surface area contributed by atoms with Crippen LogP contribution in [0.5, 0.6) is 0 Å². The fraction of sp³-hybridized carbons (Fsp3) is 0.615. The smallest absolute Gasteiger partial charge is 0.129 e. The number of rotatable bonds is 3. The normalized spacial score (nSPS) is 20.6. The van der Waals surface area contributed by atoms with Crippen molar-refractivity contribution in [1.82, 2.24) is 4.98 Å². The molecule has 0 spiro atoms. The summed E-state index contributed by atoms with van der Waals surface area (Å²) in [6.45, 7) is 3.80. The Morgan fingerprint density at radius 2 is 2.35 bits per heavy atom. The Hall–Kier alpha value is -0.800. The topological polar surface area (TPSA) is 42.1 Å². The first-order valence-corrected chi connectivity index (χ1v) is 6.75. The van der Waals surface area contributed by atoms with Gasteiger partial charge in [0.05, 0.1) is 5.02 Å². The minimum absolute atomic E-state index is 0.471. The molecule has 1 aliphatic rings. The largest absolute Gasteiger partial charge is 0.354 e. The summed E-state index contributed by atoms with van der Waals surface area (Å²) < 4.78 is 0. The SMILES string of the molecule is CCC1CCCCN1c1cc(CN)c(Cl)cn1. The maximum Gasteiger partial charge on any atom is 0.129 e. The fourth-order valence-corrected chi connectivity index (χ4v) is 2.69. The minimum Gasteiger partial charge on any atom is -0.354 e. The van der Waals surface area contributed by atoms with Crippen LogP contribution in [0, 0.1) is 0 Å². The molecule has 2 rings (SSSR count). The third-order valence-electron chi connectivity index (χ3n) is 3.53. The Balaban J connectivity index is 2.25. The number of hydrogen-bond acceptors (Lipinski definition) is 3. The van der Waals surface area contributed by atoms with Gasteiger partial charge in [-0.3, -0.25) is 0 Å². The predicted octanol–water partition coefficient (Wildman–Crippen LogP) is 2.96. The zero-order valence-electron chi connectivity index (χ0n) is 10.3. The van der Waals surface area contributed by atoms with E-state index < -0.39 is 0 Å². The molecular formula is C13H20ClN3. The molecule has 3 nitrogen and oxygen atoms in total. The summed E-state index contributed by atoms with van der Waals surface area (Å²) in [6.07, 6.45) is 6.73. The highest BCUT2D eigenvalue weighted by molar-refractivity contribution is 6.31. The molecule has 17 heavy (non-hydrogen) atoms. The molecule has 1 aliphatic heterocycles. The first-order chi connectivity index (χ1) is 8.26. The van der Waals surface area contributed by atoms with E-state index in [0.717, 1.165) is 17.9 Å². The standard InChI is InChI=1S/C13H20ClN3/c1-2-11-5-3-4-6-17(11)13-7-10(8-15)12(14)9-16-13/h7,9,11H,2-6,8,15H2,1H3. The van der Waals surface area contributed by atoms with Crippen molar-refractivity contribution in [3.05, 3.63) is 22.8 Å². The molecule has 1 unspecified atom stereocenters. The van der Waals surface area contributed by atoms with Gasteiger partial charge in [0.1, 0.15) is 5.82 Å². The third-order valence-corrected chi connectivity index (χ3v) is 3.87. The number of pyridine rings is 1. The van der Waals surface area contributed by atoms with Crippen LogP contribution in [0.1, 0.15) is 38.2 Å². The van der Waals surface area contributed by atoms with E-state index in [0.29, 0.717) is 17.6 Å². The van der Waals surface area contributed by atoms with Crippen molar-refractivity contribution in [2.75, 3.05) is 11.4 Å². The van der Waals surface area contributed by atoms with Crippen LogP contribution in [0.4, 0.5) is 5.82 Å². The second kappa shape index (κ2) is 5.69. The first kappa shape index (κ1) is 12.7. The van der Waals surface area contributed by atoms with Crippen LogP contribution in [0.2, 0.25) is 5.02 Å². The summed E-state index contributed by atoms with van der Waals surface area (Å²) in [5.74, 6) is 1.03. The van der Waals surface area contributed by atoms with Gasteiger partial charge >= 0.3 is 0 Å². The number of piperidine rings is 1. The van der Waals surface area contributed by atoms with E-state index in [4.69, 9.17) is 17.3 Å². The Labute approximate surface area is 108 Å². The molecule has 4 heteroatoms. The van der Waals surface area contributed by atoms with Gasteiger partial charge in [-0.05, 0) is 37.3 Å². The number of nitrogens with zero attached hydrogens (tertiary/aromatic N) is 2. The molecule has 0 saturated carbocycles. The van der Waals surface area contributed by atoms with Gasteiger partial charge in [-0.2, -0.15) is 0 Å². The van der Waals surface area contributed by atoms with Gasteiger partial charge in [0.25, 0.3) is 0 Å². The van der Waals surface area contributed by atoms with Gasteiger partial charge in [0.2, 0.25) is 0 Å². The van der Waals surface area contributed by atoms with Crippen LogP contribution >= 0.6 is 11.6 Å². The van der Waals surface area contributed by atoms with E-state index in [9.17, 15) is 0 Å². The lowest BCUT2D eigenvalue weighted by Gasteiger charge is -2.36. The molecule has 0 bridgehead atoms. The zero-order valence-corrected chi connectivity index (χ0v) is 11.1. The monoisotopic (exact) mass is 253 g/mol. The van der Waals surface area contributed by atoms with Crippen LogP contribution in [-0.4, -0.2) is 17.6 Å². The average Bonchev–Trinajstić information content (AvgIpc) is 2.39. The molecule has 0 radical (unpaired) electrons. The highest BCUT2D eigenvalue weighted by atomic mass is 35.5. The van der Waals surface area contributed by atoms with Crippen molar-refractivity contribution >= 4 is 17.4 Å². The summed E-state index contributed by atoms with van der Waals surface area (Å²) >= 11 is 6.04. The van der Waals surface area contributed by atoms with Gasteiger partial charge in [-0.25, -0.2) is 4.98 Å². The molecule has 1 fully saturated rings. The lowest BCUT2D eigenvalue weighted by atomic mass is 10.00. The maximum absolute atomic E-state index is 6.04. The molecule has 2 heterocycles. The van der Waals surface area contributed by atoms with E-state index >= 15 is 0 Å². The fourth-order valence-electron chi connectivity index (χ4n) is 2.51. The van der Waals surface area contributed by atoms with Gasteiger partial charge in [0, 0.05) is 25.3 Å². The average molecular weight is 254 g/mol. The number of nitrogens with two attached hydrogens (primary N) is 1. The van der Waals surface area contributed by atoms with E-state index in [1.807, 2.05) is 6.07 Å². The number of hydrogen-bond donors (Lipinski definition) is 1. The minimum atomic E-state index is 0.471. The van der Waals surface area contributed by atoms with Crippen molar-refractivity contribution in [1.29, 1.82) is 0 Å². The van der Waals surface area contributed by atoms with E-state index in [1.54, 1.807) is 6.20 Å². The van der Waals surface area contributed by atoms with Crippen LogP contribution in [0.3, 0.4) is 0 Å². The quantitative estimate of drug-likeness (QED) is 0.901. The molecular weight excluding hydrogens is 234 g/mol. The van der Waals surface area contributed by atoms with Crippen molar-refractivity contribution < 1.29 is 0 Å². The third kappa shape index (κ3) is 2.72. The molecule has 1 aromatic heterocycles. The number of aromatic nitrogens is 1. The second-order valence-corrected chi connectivity index (χ2v) is 5.00. The van der Waals surface area contributed by atoms with Crippen molar-refractivity contribution in [3.8, 4) is 0 Å². The highest BCUT2D eigenvalue weighted by Gasteiger charge is 2.22. The predicted molar refractivity (Wildman–Crippen MR) is 72.4 cm³/mol. The second-order valence-electron chi connectivity index (χ2n) is 4.59. The summed E-state index contributed by atoms with van der Waals surface area (Å²) in [4.78, 5) is 6.85. The molecule has 2 N–H and O–H groups in total. The van der Waals surface area contributed by atoms with E-state index in [2.05, 4.69) is 16.8 Å². The van der Waals surface area contributed by atoms with Crippen LogP contribution in [0.15, 0.2) is 12.3 Å². The van der Waals surface area contributed by atoms with Gasteiger partial charge in [0.15, 0.2) is 0 Å². The van der Waals surface area contributed by atoms with Gasteiger partial charge in [-0.1, -0.05) is 18.5 Å². The highest BCUT2D eigenvalue weighted by Crippen LogP contribution is 2.27. The molecule has 1 atom stereocenters. The van der Waals surface area contributed by atoms with Crippen LogP contribution in [-0.2, 0) is 6.54 Å². The number of halogens is 1. The Bertz CT molecular complexity index is 381. The summed E-state index contributed by atoms with van der Waals surface area (Å²) in [7, 11) is 0. The van der Waals surface area contributed by atoms with Crippen molar-refractivity contribution in [2.24, 2.45) is 5.73 Å². The van der Waals surface area contributed by atoms with Crippen molar-refractivity contribution in [2.45, 2.75) is 45.2 Å². The summed E-state index contributed by atoms with van der Waals surface area (Å²) in [5, 5.41) is 0.668. The van der Waals surface area contributed by atoms with Crippen LogP contribution in [0.25, 0.3) is 0 Å². The molecule has 94 valence electrons. The van der Waals surface area contributed by atoms with Gasteiger partial charge < -0.3 is 10.6 Å². The van der Waals surface area contributed by atoms with E-state index in [1.165, 1.54) is 25.7 Å². The Kier molecular flexibility index (Phi) is 4.24.